The fraction of sp³-hybridized carbons (Fsp3) is 0.231. The Kier molecular flexibility index (Phi) is 3.32. The van der Waals surface area contributed by atoms with E-state index in [9.17, 15) is 4.79 Å². The molecule has 2 aromatic rings. The van der Waals surface area contributed by atoms with Crippen molar-refractivity contribution in [3.8, 4) is 0 Å². The molecule has 1 unspecified atom stereocenters. The molecule has 0 spiro atoms. The molecule has 3 N–H and O–H groups in total. The third kappa shape index (κ3) is 2.51. The second kappa shape index (κ2) is 4.91. The smallest absolute Gasteiger partial charge is 0.221 e. The maximum atomic E-state index is 11.0. The van der Waals surface area contributed by atoms with Crippen molar-refractivity contribution in [3.05, 3.63) is 42.5 Å². The summed E-state index contributed by atoms with van der Waals surface area (Å²) in [4.78, 5) is 15.0. The zero-order valence-electron chi connectivity index (χ0n) is 10.4. The molecule has 0 bridgehead atoms. The molecule has 0 fully saturated rings. The van der Waals surface area contributed by atoms with Crippen molar-refractivity contribution >= 4 is 17.3 Å². The summed E-state index contributed by atoms with van der Waals surface area (Å²) in [6.07, 6.45) is 5.41. The van der Waals surface area contributed by atoms with Gasteiger partial charge in [-0.2, -0.15) is 0 Å². The van der Waals surface area contributed by atoms with E-state index in [0.717, 1.165) is 5.56 Å². The zero-order chi connectivity index (χ0) is 13.1. The number of hydrogen-bond acceptors (Lipinski definition) is 3. The topological polar surface area (TPSA) is 72.9 Å². The Labute approximate surface area is 106 Å². The van der Waals surface area contributed by atoms with E-state index in [1.807, 2.05) is 29.0 Å². The van der Waals surface area contributed by atoms with Gasteiger partial charge in [0.2, 0.25) is 5.91 Å². The predicted octanol–water partition coefficient (Wildman–Crippen LogP) is 2.03. The number of nitrogens with two attached hydrogens (primary N) is 1. The lowest BCUT2D eigenvalue weighted by molar-refractivity contribution is -0.114. The number of carbonyl (C=O) groups is 1. The van der Waals surface area contributed by atoms with Crippen molar-refractivity contribution in [2.24, 2.45) is 0 Å². The number of nitrogens with one attached hydrogen (secondary N) is 1. The first-order chi connectivity index (χ1) is 8.58. The number of nitrogen functional groups attached to an aromatic ring is 1. The second-order valence-corrected chi connectivity index (χ2v) is 4.21. The summed E-state index contributed by atoms with van der Waals surface area (Å²) in [6, 6.07) is 5.79. The van der Waals surface area contributed by atoms with Crippen LogP contribution >= 0.6 is 0 Å². The minimum Gasteiger partial charge on any atom is -0.397 e. The largest absolute Gasteiger partial charge is 0.397 e. The molecular weight excluding hydrogens is 228 g/mol. The summed E-state index contributed by atoms with van der Waals surface area (Å²) in [5, 5.41) is 2.69. The van der Waals surface area contributed by atoms with Crippen LogP contribution in [0.2, 0.25) is 0 Å². The maximum Gasteiger partial charge on any atom is 0.221 e. The molecule has 0 saturated carbocycles. The minimum atomic E-state index is -0.128. The summed E-state index contributed by atoms with van der Waals surface area (Å²) in [5.41, 5.74) is 8.20. The van der Waals surface area contributed by atoms with E-state index in [1.165, 1.54) is 6.92 Å². The van der Waals surface area contributed by atoms with Gasteiger partial charge in [-0.1, -0.05) is 6.07 Å². The molecule has 1 aromatic heterocycles. The van der Waals surface area contributed by atoms with Crippen LogP contribution in [-0.4, -0.2) is 15.5 Å². The van der Waals surface area contributed by atoms with Crippen molar-refractivity contribution in [2.75, 3.05) is 11.1 Å². The Morgan fingerprint density at radius 3 is 2.83 bits per heavy atom. The Balaban J connectivity index is 2.26. The lowest BCUT2D eigenvalue weighted by Gasteiger charge is -2.15. The second-order valence-electron chi connectivity index (χ2n) is 4.21. The molecule has 1 aromatic carbocycles. The number of anilines is 2. The number of imidazole rings is 1. The van der Waals surface area contributed by atoms with Gasteiger partial charge in [0, 0.05) is 19.3 Å². The Hall–Kier alpha value is -2.30. The van der Waals surface area contributed by atoms with Gasteiger partial charge in [-0.25, -0.2) is 4.98 Å². The maximum absolute atomic E-state index is 11.0. The first-order valence-corrected chi connectivity index (χ1v) is 5.72. The molecule has 0 aliphatic rings. The SMILES string of the molecule is CC(=O)Nc1ccc(C(C)n2ccnc2)cc1N. The number of hydrogen-bond donors (Lipinski definition) is 2. The van der Waals surface area contributed by atoms with E-state index in [1.54, 1.807) is 12.5 Å². The van der Waals surface area contributed by atoms with Crippen LogP contribution in [0.1, 0.15) is 25.5 Å². The molecule has 18 heavy (non-hydrogen) atoms. The average molecular weight is 244 g/mol. The summed E-state index contributed by atoms with van der Waals surface area (Å²) < 4.78 is 1.99. The van der Waals surface area contributed by atoms with Crippen LogP contribution in [0.5, 0.6) is 0 Å². The highest BCUT2D eigenvalue weighted by atomic mass is 16.1. The zero-order valence-corrected chi connectivity index (χ0v) is 10.4. The molecule has 5 heteroatoms. The molecule has 0 saturated heterocycles. The van der Waals surface area contributed by atoms with E-state index in [2.05, 4.69) is 17.2 Å². The molecule has 2 rings (SSSR count). The highest BCUT2D eigenvalue weighted by molar-refractivity contribution is 5.92. The molecule has 5 nitrogen and oxygen atoms in total. The third-order valence-electron chi connectivity index (χ3n) is 2.84. The van der Waals surface area contributed by atoms with E-state index in [-0.39, 0.29) is 11.9 Å². The average Bonchev–Trinajstić information content (AvgIpc) is 2.84. The number of carbonyl (C=O) groups excluding carboxylic acids is 1. The lowest BCUT2D eigenvalue weighted by atomic mass is 10.1. The van der Waals surface area contributed by atoms with Crippen molar-refractivity contribution in [1.82, 2.24) is 9.55 Å². The standard InChI is InChI=1S/C13H16N4O/c1-9(17-6-5-15-8-17)11-3-4-13(12(14)7-11)16-10(2)18/h3-9H,14H2,1-2H3,(H,16,18). The van der Waals surface area contributed by atoms with Crippen LogP contribution < -0.4 is 11.1 Å². The number of amides is 1. The van der Waals surface area contributed by atoms with Gasteiger partial charge in [-0.15, -0.1) is 0 Å². The van der Waals surface area contributed by atoms with Crippen molar-refractivity contribution < 1.29 is 4.79 Å². The number of nitrogens with zero attached hydrogens (tertiary/aromatic N) is 2. The van der Waals surface area contributed by atoms with E-state index < -0.39 is 0 Å². The molecule has 1 atom stereocenters. The summed E-state index contributed by atoms with van der Waals surface area (Å²) in [7, 11) is 0. The monoisotopic (exact) mass is 244 g/mol. The Morgan fingerprint density at radius 1 is 1.50 bits per heavy atom. The van der Waals surface area contributed by atoms with Gasteiger partial charge in [-0.05, 0) is 24.6 Å². The molecule has 1 heterocycles. The highest BCUT2D eigenvalue weighted by Crippen LogP contribution is 2.25. The Bertz CT molecular complexity index is 548. The van der Waals surface area contributed by atoms with Crippen molar-refractivity contribution in [1.29, 1.82) is 0 Å². The molecule has 0 radical (unpaired) electrons. The summed E-state index contributed by atoms with van der Waals surface area (Å²) >= 11 is 0. The van der Waals surface area contributed by atoms with E-state index in [0.29, 0.717) is 11.4 Å². The number of aromatic nitrogens is 2. The normalized spacial score (nSPS) is 12.1. The van der Waals surface area contributed by atoms with Gasteiger partial charge in [0.05, 0.1) is 23.7 Å². The molecule has 94 valence electrons. The fourth-order valence-electron chi connectivity index (χ4n) is 1.82. The van der Waals surface area contributed by atoms with Crippen LogP contribution in [0.15, 0.2) is 36.9 Å². The molecule has 1 amide bonds. The summed E-state index contributed by atoms with van der Waals surface area (Å²) in [5.74, 6) is -0.128. The first-order valence-electron chi connectivity index (χ1n) is 5.72. The number of benzene rings is 1. The van der Waals surface area contributed by atoms with E-state index >= 15 is 0 Å². The lowest BCUT2D eigenvalue weighted by Crippen LogP contribution is -2.10. The molecule has 0 aliphatic heterocycles. The van der Waals surface area contributed by atoms with E-state index in [4.69, 9.17) is 5.73 Å². The van der Waals surface area contributed by atoms with Crippen molar-refractivity contribution in [2.45, 2.75) is 19.9 Å². The third-order valence-corrected chi connectivity index (χ3v) is 2.84. The van der Waals surface area contributed by atoms with Crippen LogP contribution in [0.3, 0.4) is 0 Å². The van der Waals surface area contributed by atoms with Gasteiger partial charge in [0.15, 0.2) is 0 Å². The fourth-order valence-corrected chi connectivity index (χ4v) is 1.82. The van der Waals surface area contributed by atoms with Gasteiger partial charge in [0.1, 0.15) is 0 Å². The van der Waals surface area contributed by atoms with Gasteiger partial charge >= 0.3 is 0 Å². The minimum absolute atomic E-state index is 0.128. The van der Waals surface area contributed by atoms with Gasteiger partial charge in [0.25, 0.3) is 0 Å². The van der Waals surface area contributed by atoms with Crippen LogP contribution in [0.25, 0.3) is 0 Å². The Morgan fingerprint density at radius 2 is 2.28 bits per heavy atom. The summed E-state index contributed by atoms with van der Waals surface area (Å²) in [6.45, 7) is 3.52. The van der Waals surface area contributed by atoms with Crippen LogP contribution in [0.4, 0.5) is 11.4 Å². The van der Waals surface area contributed by atoms with Crippen LogP contribution in [-0.2, 0) is 4.79 Å². The van der Waals surface area contributed by atoms with Gasteiger partial charge < -0.3 is 15.6 Å². The molecular formula is C13H16N4O. The first kappa shape index (κ1) is 12.2. The highest BCUT2D eigenvalue weighted by Gasteiger charge is 2.09. The van der Waals surface area contributed by atoms with Gasteiger partial charge in [-0.3, -0.25) is 4.79 Å². The quantitative estimate of drug-likeness (QED) is 0.811. The number of rotatable bonds is 3. The predicted molar refractivity (Wildman–Crippen MR) is 71.2 cm³/mol. The van der Waals surface area contributed by atoms with Crippen molar-refractivity contribution in [3.63, 3.8) is 0 Å². The van der Waals surface area contributed by atoms with Crippen LogP contribution in [0, 0.1) is 0 Å². The molecule has 0 aliphatic carbocycles.